The van der Waals surface area contributed by atoms with Crippen molar-refractivity contribution in [3.05, 3.63) is 104 Å². The van der Waals surface area contributed by atoms with E-state index in [0.29, 0.717) is 30.3 Å². The number of nitriles is 1. The predicted molar refractivity (Wildman–Crippen MR) is 146 cm³/mol. The van der Waals surface area contributed by atoms with Gasteiger partial charge in [0, 0.05) is 3.57 Å². The van der Waals surface area contributed by atoms with Gasteiger partial charge in [-0.05, 0) is 109 Å². The molecule has 0 saturated carbocycles. The highest BCUT2D eigenvalue weighted by Crippen LogP contribution is 2.38. The zero-order chi connectivity index (χ0) is 23.2. The second-order valence-corrected chi connectivity index (χ2v) is 9.51. The molecule has 4 rings (SSSR count). The number of halogens is 2. The Kier molecular flexibility index (Phi) is 7.69. The first-order chi connectivity index (χ1) is 16.1. The first kappa shape index (κ1) is 23.3. The van der Waals surface area contributed by atoms with Gasteiger partial charge in [-0.15, -0.1) is 0 Å². The number of hydrogen-bond acceptors (Lipinski definition) is 3. The van der Waals surface area contributed by atoms with Gasteiger partial charge in [-0.3, -0.25) is 0 Å². The molecule has 4 aromatic rings. The van der Waals surface area contributed by atoms with Crippen molar-refractivity contribution >= 4 is 60.9 Å². The molecule has 0 fully saturated rings. The molecule has 0 N–H and O–H groups in total. The Bertz CT molecular complexity index is 1360. The van der Waals surface area contributed by atoms with Crippen LogP contribution < -0.4 is 9.47 Å². The zero-order valence-corrected chi connectivity index (χ0v) is 21.8. The Hall–Kier alpha value is -2.82. The number of allylic oxidation sites excluding steroid dienone is 1. The van der Waals surface area contributed by atoms with Gasteiger partial charge in [0.25, 0.3) is 0 Å². The highest BCUT2D eigenvalue weighted by Gasteiger charge is 2.13. The van der Waals surface area contributed by atoms with Crippen LogP contribution in [0, 0.1) is 14.9 Å². The van der Waals surface area contributed by atoms with Crippen molar-refractivity contribution in [1.29, 1.82) is 5.26 Å². The van der Waals surface area contributed by atoms with E-state index >= 15 is 0 Å². The molecule has 0 bridgehead atoms. The van der Waals surface area contributed by atoms with Gasteiger partial charge in [0.05, 0.1) is 22.7 Å². The van der Waals surface area contributed by atoms with Crippen molar-refractivity contribution in [3.63, 3.8) is 0 Å². The second kappa shape index (κ2) is 10.9. The van der Waals surface area contributed by atoms with Crippen molar-refractivity contribution < 1.29 is 9.47 Å². The summed E-state index contributed by atoms with van der Waals surface area (Å²) in [6, 6.07) is 28.6. The molecule has 0 atom stereocenters. The maximum atomic E-state index is 9.85. The van der Waals surface area contributed by atoms with Crippen molar-refractivity contribution in [2.75, 3.05) is 6.61 Å². The van der Waals surface area contributed by atoms with Gasteiger partial charge in [0.15, 0.2) is 11.5 Å². The van der Waals surface area contributed by atoms with Crippen molar-refractivity contribution in [2.45, 2.75) is 13.5 Å². The molecule has 164 valence electrons. The molecule has 4 aromatic carbocycles. The predicted octanol–water partition coefficient (Wildman–Crippen LogP) is 8.25. The minimum Gasteiger partial charge on any atom is -0.490 e. The summed E-state index contributed by atoms with van der Waals surface area (Å²) in [7, 11) is 0. The molecular weight excluding hydrogens is 589 g/mol. The molecule has 0 heterocycles. The van der Waals surface area contributed by atoms with Crippen LogP contribution in [-0.2, 0) is 6.61 Å². The number of benzene rings is 4. The second-order valence-electron chi connectivity index (χ2n) is 7.41. The Morgan fingerprint density at radius 3 is 2.45 bits per heavy atom. The Labute approximate surface area is 215 Å². The van der Waals surface area contributed by atoms with Crippen molar-refractivity contribution in [1.82, 2.24) is 0 Å². The van der Waals surface area contributed by atoms with E-state index in [4.69, 9.17) is 9.47 Å². The van der Waals surface area contributed by atoms with Crippen LogP contribution in [-0.4, -0.2) is 6.61 Å². The molecular formula is C28H21BrINO2. The largest absolute Gasteiger partial charge is 0.490 e. The van der Waals surface area contributed by atoms with E-state index in [1.54, 1.807) is 0 Å². The minimum atomic E-state index is 0.436. The summed E-state index contributed by atoms with van der Waals surface area (Å²) in [6.07, 6.45) is 1.88. The average molecular weight is 610 g/mol. The summed E-state index contributed by atoms with van der Waals surface area (Å²) in [5.74, 6) is 1.29. The quantitative estimate of drug-likeness (QED) is 0.120. The van der Waals surface area contributed by atoms with E-state index in [0.717, 1.165) is 31.9 Å². The number of fused-ring (bicyclic) bond motifs is 1. The summed E-state index contributed by atoms with van der Waals surface area (Å²) >= 11 is 5.92. The molecule has 0 aliphatic carbocycles. The van der Waals surface area contributed by atoms with E-state index < -0.39 is 0 Å². The minimum absolute atomic E-state index is 0.436. The van der Waals surface area contributed by atoms with E-state index in [2.05, 4.69) is 81.0 Å². The molecule has 0 aromatic heterocycles. The summed E-state index contributed by atoms with van der Waals surface area (Å²) in [5.41, 5.74) is 3.40. The van der Waals surface area contributed by atoms with Crippen LogP contribution in [0.3, 0.4) is 0 Å². The third kappa shape index (κ3) is 5.76. The van der Waals surface area contributed by atoms with Crippen LogP contribution in [0.5, 0.6) is 11.5 Å². The van der Waals surface area contributed by atoms with Crippen LogP contribution in [0.15, 0.2) is 83.3 Å². The molecule has 0 spiro atoms. The molecule has 0 saturated heterocycles. The molecule has 0 radical (unpaired) electrons. The van der Waals surface area contributed by atoms with Crippen molar-refractivity contribution in [3.8, 4) is 17.6 Å². The van der Waals surface area contributed by atoms with E-state index in [1.165, 1.54) is 3.57 Å². The van der Waals surface area contributed by atoms with Gasteiger partial charge in [0.1, 0.15) is 6.61 Å². The molecule has 0 amide bonds. The Morgan fingerprint density at radius 2 is 1.73 bits per heavy atom. The third-order valence-corrected chi connectivity index (χ3v) is 6.43. The first-order valence-electron chi connectivity index (χ1n) is 10.5. The SMILES string of the molecule is CCOc1cc(/C=C(/C#N)c2ccc3ccccc3c2)cc(Br)c1OCc1ccc(I)cc1. The Morgan fingerprint density at radius 1 is 0.970 bits per heavy atom. The Balaban J connectivity index is 1.65. The highest BCUT2D eigenvalue weighted by molar-refractivity contribution is 14.1. The lowest BCUT2D eigenvalue weighted by Crippen LogP contribution is -2.01. The molecule has 5 heteroatoms. The van der Waals surface area contributed by atoms with Gasteiger partial charge in [0.2, 0.25) is 0 Å². The van der Waals surface area contributed by atoms with Gasteiger partial charge in [-0.25, -0.2) is 0 Å². The zero-order valence-electron chi connectivity index (χ0n) is 18.0. The van der Waals surface area contributed by atoms with Crippen LogP contribution in [0.1, 0.15) is 23.6 Å². The first-order valence-corrected chi connectivity index (χ1v) is 12.4. The maximum Gasteiger partial charge on any atom is 0.175 e. The van der Waals surface area contributed by atoms with Crippen molar-refractivity contribution in [2.24, 2.45) is 0 Å². The smallest absolute Gasteiger partial charge is 0.175 e. The normalized spacial score (nSPS) is 11.3. The van der Waals surface area contributed by atoms with Crippen LogP contribution in [0.4, 0.5) is 0 Å². The van der Waals surface area contributed by atoms with E-state index in [1.807, 2.05) is 55.5 Å². The number of nitrogens with zero attached hydrogens (tertiary/aromatic N) is 1. The summed E-state index contributed by atoms with van der Waals surface area (Å²) in [6.45, 7) is 2.88. The summed E-state index contributed by atoms with van der Waals surface area (Å²) in [4.78, 5) is 0. The number of rotatable bonds is 7. The fourth-order valence-electron chi connectivity index (χ4n) is 3.51. The monoisotopic (exact) mass is 609 g/mol. The van der Waals surface area contributed by atoms with Gasteiger partial charge >= 0.3 is 0 Å². The molecule has 0 aliphatic rings. The summed E-state index contributed by atoms with van der Waals surface area (Å²) < 4.78 is 13.9. The fraction of sp³-hybridized carbons (Fsp3) is 0.107. The van der Waals surface area contributed by atoms with Gasteiger partial charge in [-0.2, -0.15) is 5.26 Å². The van der Waals surface area contributed by atoms with E-state index in [-0.39, 0.29) is 0 Å². The standard InChI is InChI=1S/C28H21BrINO2/c1-2-32-27-15-20(14-26(29)28(27)33-18-19-7-11-25(30)12-8-19)13-24(17-31)23-10-9-21-5-3-4-6-22(21)16-23/h3-16H,2,18H2,1H3/b24-13-. The third-order valence-electron chi connectivity index (χ3n) is 5.12. The molecule has 3 nitrogen and oxygen atoms in total. The lowest BCUT2D eigenvalue weighted by Gasteiger charge is -2.15. The average Bonchev–Trinajstić information content (AvgIpc) is 2.83. The fourth-order valence-corrected chi connectivity index (χ4v) is 4.45. The van der Waals surface area contributed by atoms with Crippen LogP contribution in [0.25, 0.3) is 22.4 Å². The van der Waals surface area contributed by atoms with Gasteiger partial charge in [-0.1, -0.05) is 48.5 Å². The number of ether oxygens (including phenoxy) is 2. The lowest BCUT2D eigenvalue weighted by atomic mass is 10.00. The topological polar surface area (TPSA) is 42.2 Å². The van der Waals surface area contributed by atoms with Gasteiger partial charge < -0.3 is 9.47 Å². The lowest BCUT2D eigenvalue weighted by molar-refractivity contribution is 0.267. The highest BCUT2D eigenvalue weighted by atomic mass is 127. The molecule has 33 heavy (non-hydrogen) atoms. The maximum absolute atomic E-state index is 9.85. The molecule has 0 aliphatic heterocycles. The van der Waals surface area contributed by atoms with Crippen LogP contribution in [0.2, 0.25) is 0 Å². The summed E-state index contributed by atoms with van der Waals surface area (Å²) in [5, 5.41) is 12.1. The molecule has 0 unspecified atom stereocenters. The van der Waals surface area contributed by atoms with E-state index in [9.17, 15) is 5.26 Å². The van der Waals surface area contributed by atoms with Crippen LogP contribution >= 0.6 is 38.5 Å². The number of hydrogen-bond donors (Lipinski definition) is 0.